The third-order valence-corrected chi connectivity index (χ3v) is 3.04. The van der Waals surface area contributed by atoms with Crippen LogP contribution in [0.4, 0.5) is 5.69 Å². The lowest BCUT2D eigenvalue weighted by atomic mass is 10.1. The smallest absolute Gasteiger partial charge is 0.258 e. The van der Waals surface area contributed by atoms with E-state index in [9.17, 15) is 0 Å². The van der Waals surface area contributed by atoms with Crippen molar-refractivity contribution in [1.82, 2.24) is 10.1 Å². The fraction of sp³-hybridized carbons (Fsp3) is 0.385. The Bertz CT molecular complexity index is 581. The highest BCUT2D eigenvalue weighted by Gasteiger charge is 2.27. The van der Waals surface area contributed by atoms with E-state index in [1.54, 1.807) is 18.2 Å². The molecule has 0 saturated heterocycles. The molecule has 1 aromatic carbocycles. The number of nitrogen functional groups attached to an aromatic ring is 1. The van der Waals surface area contributed by atoms with Gasteiger partial charge in [0.2, 0.25) is 5.82 Å². The van der Waals surface area contributed by atoms with Gasteiger partial charge in [-0.15, -0.1) is 0 Å². The Morgan fingerprint density at radius 2 is 2.16 bits per heavy atom. The lowest BCUT2D eigenvalue weighted by molar-refractivity contribution is -0.0221. The first kappa shape index (κ1) is 13.8. The number of halogens is 1. The van der Waals surface area contributed by atoms with Crippen LogP contribution in [0.3, 0.4) is 0 Å². The minimum atomic E-state index is -0.589. The molecule has 2 rings (SSSR count). The number of ether oxygens (including phenoxy) is 1. The van der Waals surface area contributed by atoms with Gasteiger partial charge in [-0.3, -0.25) is 0 Å². The molecule has 0 aliphatic carbocycles. The van der Waals surface area contributed by atoms with Crippen LogP contribution in [-0.4, -0.2) is 16.7 Å². The Morgan fingerprint density at radius 1 is 1.42 bits per heavy atom. The summed E-state index contributed by atoms with van der Waals surface area (Å²) in [6.07, 6.45) is 0. The van der Waals surface area contributed by atoms with Crippen LogP contribution in [-0.2, 0) is 10.3 Å². The van der Waals surface area contributed by atoms with Crippen LogP contribution in [0.2, 0.25) is 5.02 Å². The van der Waals surface area contributed by atoms with Crippen LogP contribution in [0.5, 0.6) is 0 Å². The third kappa shape index (κ3) is 2.88. The number of aromatic nitrogens is 2. The molecule has 0 spiro atoms. The number of hydrogen-bond donors (Lipinski definition) is 1. The molecule has 0 aliphatic heterocycles. The number of hydrogen-bond acceptors (Lipinski definition) is 5. The van der Waals surface area contributed by atoms with Gasteiger partial charge in [0.05, 0.1) is 10.7 Å². The zero-order valence-corrected chi connectivity index (χ0v) is 11.9. The third-order valence-electron chi connectivity index (χ3n) is 2.72. The van der Waals surface area contributed by atoms with Crippen LogP contribution >= 0.6 is 11.6 Å². The first-order valence-electron chi connectivity index (χ1n) is 5.97. The molecule has 5 nitrogen and oxygen atoms in total. The molecule has 0 saturated carbocycles. The van der Waals surface area contributed by atoms with Gasteiger partial charge in [-0.05, 0) is 39.0 Å². The second-order valence-corrected chi connectivity index (χ2v) is 5.01. The Kier molecular flexibility index (Phi) is 3.78. The van der Waals surface area contributed by atoms with E-state index in [1.165, 1.54) is 0 Å². The molecular weight excluding hydrogens is 266 g/mol. The number of nitrogens with zero attached hydrogens (tertiary/aromatic N) is 2. The normalized spacial score (nSPS) is 11.8. The molecule has 0 fully saturated rings. The predicted molar refractivity (Wildman–Crippen MR) is 73.8 cm³/mol. The van der Waals surface area contributed by atoms with Crippen molar-refractivity contribution < 1.29 is 9.26 Å². The van der Waals surface area contributed by atoms with Crippen LogP contribution in [0.25, 0.3) is 11.5 Å². The van der Waals surface area contributed by atoms with E-state index >= 15 is 0 Å². The minimum Gasteiger partial charge on any atom is -0.398 e. The summed E-state index contributed by atoms with van der Waals surface area (Å²) in [6, 6.07) is 5.18. The highest BCUT2D eigenvalue weighted by Crippen LogP contribution is 2.28. The molecule has 0 radical (unpaired) electrons. The lowest BCUT2D eigenvalue weighted by Crippen LogP contribution is -2.23. The summed E-state index contributed by atoms with van der Waals surface area (Å²) < 4.78 is 10.8. The highest BCUT2D eigenvalue weighted by atomic mass is 35.5. The van der Waals surface area contributed by atoms with Crippen molar-refractivity contribution >= 4 is 17.3 Å². The zero-order valence-electron chi connectivity index (χ0n) is 11.1. The average molecular weight is 282 g/mol. The maximum atomic E-state index is 5.97. The van der Waals surface area contributed by atoms with Crippen molar-refractivity contribution in [3.8, 4) is 11.5 Å². The summed E-state index contributed by atoms with van der Waals surface area (Å²) in [5, 5.41) is 4.41. The van der Waals surface area contributed by atoms with E-state index in [0.717, 1.165) is 5.56 Å². The molecule has 2 N–H and O–H groups in total. The first-order chi connectivity index (χ1) is 8.94. The van der Waals surface area contributed by atoms with Crippen LogP contribution < -0.4 is 5.73 Å². The second-order valence-electron chi connectivity index (χ2n) is 4.60. The molecule has 0 atom stereocenters. The molecule has 0 aliphatic rings. The van der Waals surface area contributed by atoms with Crippen molar-refractivity contribution in [2.75, 3.05) is 12.3 Å². The molecule has 0 unspecified atom stereocenters. The molecule has 1 aromatic heterocycles. The van der Waals surface area contributed by atoms with Crippen molar-refractivity contribution in [3.63, 3.8) is 0 Å². The van der Waals surface area contributed by atoms with Crippen molar-refractivity contribution in [1.29, 1.82) is 0 Å². The van der Waals surface area contributed by atoms with E-state index in [-0.39, 0.29) is 0 Å². The topological polar surface area (TPSA) is 74.2 Å². The van der Waals surface area contributed by atoms with Gasteiger partial charge in [-0.25, -0.2) is 0 Å². The van der Waals surface area contributed by atoms with Gasteiger partial charge in [-0.2, -0.15) is 4.98 Å². The molecule has 19 heavy (non-hydrogen) atoms. The summed E-state index contributed by atoms with van der Waals surface area (Å²) in [5.74, 6) is 0.891. The molecule has 0 amide bonds. The number of rotatable bonds is 4. The van der Waals surface area contributed by atoms with Crippen LogP contribution in [0, 0.1) is 0 Å². The molecule has 102 valence electrons. The molecule has 0 bridgehead atoms. The van der Waals surface area contributed by atoms with Gasteiger partial charge < -0.3 is 15.0 Å². The Balaban J connectivity index is 2.33. The van der Waals surface area contributed by atoms with E-state index in [0.29, 0.717) is 29.0 Å². The SMILES string of the molecule is CCOC(C)(C)c1noc(-c2ccc(N)c(Cl)c2)n1. The van der Waals surface area contributed by atoms with E-state index in [2.05, 4.69) is 10.1 Å². The summed E-state index contributed by atoms with van der Waals surface area (Å²) in [7, 11) is 0. The second kappa shape index (κ2) is 5.19. The van der Waals surface area contributed by atoms with E-state index < -0.39 is 5.60 Å². The Labute approximate surface area is 116 Å². The monoisotopic (exact) mass is 281 g/mol. The largest absolute Gasteiger partial charge is 0.398 e. The summed E-state index contributed by atoms with van der Waals surface area (Å²) >= 11 is 5.97. The summed E-state index contributed by atoms with van der Waals surface area (Å²) in [4.78, 5) is 4.34. The van der Waals surface area contributed by atoms with Crippen LogP contribution in [0.1, 0.15) is 26.6 Å². The molecule has 2 aromatic rings. The number of benzene rings is 1. The lowest BCUT2D eigenvalue weighted by Gasteiger charge is -2.19. The van der Waals surface area contributed by atoms with Crippen LogP contribution in [0.15, 0.2) is 22.7 Å². The fourth-order valence-electron chi connectivity index (χ4n) is 1.67. The van der Waals surface area contributed by atoms with Gasteiger partial charge in [0.1, 0.15) is 5.60 Å². The van der Waals surface area contributed by atoms with Crippen molar-refractivity contribution in [2.24, 2.45) is 0 Å². The summed E-state index contributed by atoms with van der Waals surface area (Å²) in [6.45, 7) is 6.27. The molecular formula is C13H16ClN3O2. The minimum absolute atomic E-state index is 0.393. The fourth-order valence-corrected chi connectivity index (χ4v) is 1.85. The standard InChI is InChI=1S/C13H16ClN3O2/c1-4-18-13(2,3)12-16-11(19-17-12)8-5-6-10(15)9(14)7-8/h5-7H,4,15H2,1-3H3. The Morgan fingerprint density at radius 3 is 2.79 bits per heavy atom. The average Bonchev–Trinajstić information content (AvgIpc) is 2.83. The zero-order chi connectivity index (χ0) is 14.0. The van der Waals surface area contributed by atoms with E-state index in [4.69, 9.17) is 26.6 Å². The predicted octanol–water partition coefficient (Wildman–Crippen LogP) is 3.24. The number of nitrogens with two attached hydrogens (primary N) is 1. The van der Waals surface area contributed by atoms with Gasteiger partial charge >= 0.3 is 0 Å². The van der Waals surface area contributed by atoms with Gasteiger partial charge in [-0.1, -0.05) is 16.8 Å². The first-order valence-corrected chi connectivity index (χ1v) is 6.35. The maximum absolute atomic E-state index is 5.97. The highest BCUT2D eigenvalue weighted by molar-refractivity contribution is 6.33. The van der Waals surface area contributed by atoms with Crippen molar-refractivity contribution in [2.45, 2.75) is 26.4 Å². The summed E-state index contributed by atoms with van der Waals surface area (Å²) in [5.41, 5.74) is 6.31. The van der Waals surface area contributed by atoms with Crippen molar-refractivity contribution in [3.05, 3.63) is 29.0 Å². The molecule has 6 heteroatoms. The number of anilines is 1. The van der Waals surface area contributed by atoms with Gasteiger partial charge in [0, 0.05) is 12.2 Å². The quantitative estimate of drug-likeness (QED) is 0.871. The molecule has 1 heterocycles. The van der Waals surface area contributed by atoms with Gasteiger partial charge in [0.15, 0.2) is 0 Å². The Hall–Kier alpha value is -1.59. The maximum Gasteiger partial charge on any atom is 0.258 e. The van der Waals surface area contributed by atoms with Gasteiger partial charge in [0.25, 0.3) is 5.89 Å². The van der Waals surface area contributed by atoms with E-state index in [1.807, 2.05) is 20.8 Å².